The summed E-state index contributed by atoms with van der Waals surface area (Å²) in [4.78, 5) is 13.9. The zero-order valence-electron chi connectivity index (χ0n) is 10.7. The summed E-state index contributed by atoms with van der Waals surface area (Å²) in [5.41, 5.74) is 1.28. The van der Waals surface area contributed by atoms with Gasteiger partial charge in [-0.1, -0.05) is 29.8 Å². The normalized spacial score (nSPS) is 10.4. The van der Waals surface area contributed by atoms with E-state index in [0.717, 1.165) is 5.56 Å². The second kappa shape index (κ2) is 6.37. The Morgan fingerprint density at radius 3 is 2.65 bits per heavy atom. The van der Waals surface area contributed by atoms with Crippen LogP contribution in [0.2, 0.25) is 5.02 Å². The Labute approximate surface area is 130 Å². The lowest BCUT2D eigenvalue weighted by Gasteiger charge is -2.18. The average molecular weight is 357 g/mol. The molecule has 0 aliphatic carbocycles. The number of benzene rings is 2. The molecule has 0 atom stereocenters. The number of nitrogens with zero attached hydrogens (tertiary/aromatic N) is 1. The number of rotatable bonds is 3. The van der Waals surface area contributed by atoms with Crippen molar-refractivity contribution in [2.24, 2.45) is 0 Å². The predicted octanol–water partition coefficient (Wildman–Crippen LogP) is 4.51. The number of halogens is 3. The summed E-state index contributed by atoms with van der Waals surface area (Å²) in [6.07, 6.45) is 0. The molecule has 0 radical (unpaired) electrons. The average Bonchev–Trinajstić information content (AvgIpc) is 2.40. The van der Waals surface area contributed by atoms with Crippen LogP contribution < -0.4 is 0 Å². The molecule has 0 spiro atoms. The minimum Gasteiger partial charge on any atom is -0.337 e. The first kappa shape index (κ1) is 15.0. The molecular formula is C15H12BrClFNO. The van der Waals surface area contributed by atoms with Crippen molar-refractivity contribution in [1.82, 2.24) is 4.90 Å². The zero-order chi connectivity index (χ0) is 14.7. The molecule has 0 heterocycles. The molecule has 0 aliphatic heterocycles. The molecule has 0 bridgehead atoms. The molecule has 0 fully saturated rings. The van der Waals surface area contributed by atoms with Gasteiger partial charge in [0, 0.05) is 23.1 Å². The summed E-state index contributed by atoms with van der Waals surface area (Å²) in [5, 5.41) is 0.616. The minimum atomic E-state index is -0.387. The van der Waals surface area contributed by atoms with Crippen LogP contribution in [0.15, 0.2) is 46.9 Å². The maximum Gasteiger partial charge on any atom is 0.255 e. The zero-order valence-corrected chi connectivity index (χ0v) is 13.1. The molecule has 0 unspecified atom stereocenters. The van der Waals surface area contributed by atoms with Gasteiger partial charge in [0.25, 0.3) is 5.91 Å². The minimum absolute atomic E-state index is 0.197. The molecule has 5 heteroatoms. The third-order valence-corrected chi connectivity index (χ3v) is 3.90. The molecule has 0 aliphatic rings. The van der Waals surface area contributed by atoms with E-state index in [4.69, 9.17) is 11.6 Å². The van der Waals surface area contributed by atoms with Crippen LogP contribution in [0.3, 0.4) is 0 Å². The number of hydrogen-bond donors (Lipinski definition) is 0. The molecule has 0 N–H and O–H groups in total. The van der Waals surface area contributed by atoms with Crippen LogP contribution in [-0.2, 0) is 6.54 Å². The van der Waals surface area contributed by atoms with E-state index in [2.05, 4.69) is 15.9 Å². The molecule has 0 saturated heterocycles. The monoisotopic (exact) mass is 355 g/mol. The van der Waals surface area contributed by atoms with Crippen LogP contribution in [0.5, 0.6) is 0 Å². The topological polar surface area (TPSA) is 20.3 Å². The van der Waals surface area contributed by atoms with E-state index in [1.54, 1.807) is 18.0 Å². The fraction of sp³-hybridized carbons (Fsp3) is 0.133. The highest BCUT2D eigenvalue weighted by molar-refractivity contribution is 9.10. The van der Waals surface area contributed by atoms with Gasteiger partial charge in [0.15, 0.2) is 0 Å². The number of hydrogen-bond acceptors (Lipinski definition) is 1. The first-order chi connectivity index (χ1) is 9.49. The second-order valence-electron chi connectivity index (χ2n) is 4.38. The van der Waals surface area contributed by atoms with Crippen LogP contribution in [0, 0.1) is 5.82 Å². The van der Waals surface area contributed by atoms with Crippen molar-refractivity contribution in [3.8, 4) is 0 Å². The molecular weight excluding hydrogens is 345 g/mol. The van der Waals surface area contributed by atoms with Gasteiger partial charge in [0.05, 0.1) is 5.56 Å². The van der Waals surface area contributed by atoms with Crippen molar-refractivity contribution in [3.63, 3.8) is 0 Å². The Balaban J connectivity index is 2.19. The van der Waals surface area contributed by atoms with Crippen LogP contribution >= 0.6 is 27.5 Å². The molecule has 20 heavy (non-hydrogen) atoms. The predicted molar refractivity (Wildman–Crippen MR) is 81.3 cm³/mol. The summed E-state index contributed by atoms with van der Waals surface area (Å²) in [7, 11) is 1.68. The Hall–Kier alpha value is -1.39. The highest BCUT2D eigenvalue weighted by Crippen LogP contribution is 2.21. The molecule has 0 aromatic heterocycles. The van der Waals surface area contributed by atoms with Gasteiger partial charge in [-0.05, 0) is 45.8 Å². The van der Waals surface area contributed by atoms with Gasteiger partial charge in [0.2, 0.25) is 0 Å². The van der Waals surface area contributed by atoms with Crippen LogP contribution in [0.25, 0.3) is 0 Å². The molecule has 0 saturated carbocycles. The van der Waals surface area contributed by atoms with Crippen LogP contribution in [0.1, 0.15) is 15.9 Å². The molecule has 104 valence electrons. The Kier molecular flexibility index (Phi) is 4.78. The SMILES string of the molecule is CN(Cc1ccccc1Cl)C(=O)c1ccc(F)cc1Br. The van der Waals surface area contributed by atoms with E-state index in [-0.39, 0.29) is 11.7 Å². The first-order valence-electron chi connectivity index (χ1n) is 5.93. The quantitative estimate of drug-likeness (QED) is 0.792. The summed E-state index contributed by atoms with van der Waals surface area (Å²) in [6, 6.07) is 11.4. The number of carbonyl (C=O) groups excluding carboxylic acids is 1. The van der Waals surface area contributed by atoms with E-state index in [1.807, 2.05) is 18.2 Å². The molecule has 2 rings (SSSR count). The van der Waals surface area contributed by atoms with Crippen molar-refractivity contribution in [2.75, 3.05) is 7.05 Å². The maximum absolute atomic E-state index is 13.0. The maximum atomic E-state index is 13.0. The first-order valence-corrected chi connectivity index (χ1v) is 7.10. The molecule has 2 aromatic rings. The molecule has 1 amide bonds. The van der Waals surface area contributed by atoms with E-state index in [9.17, 15) is 9.18 Å². The van der Waals surface area contributed by atoms with Gasteiger partial charge in [-0.3, -0.25) is 4.79 Å². The van der Waals surface area contributed by atoms with Gasteiger partial charge in [-0.15, -0.1) is 0 Å². The van der Waals surface area contributed by atoms with Gasteiger partial charge in [-0.2, -0.15) is 0 Å². The van der Waals surface area contributed by atoms with E-state index >= 15 is 0 Å². The van der Waals surface area contributed by atoms with Crippen LogP contribution in [0.4, 0.5) is 4.39 Å². The van der Waals surface area contributed by atoms with E-state index in [0.29, 0.717) is 21.6 Å². The van der Waals surface area contributed by atoms with Gasteiger partial charge in [0.1, 0.15) is 5.82 Å². The summed E-state index contributed by atoms with van der Waals surface area (Å²) in [6.45, 7) is 0.391. The number of amides is 1. The fourth-order valence-corrected chi connectivity index (χ4v) is 2.54. The third-order valence-electron chi connectivity index (χ3n) is 2.87. The summed E-state index contributed by atoms with van der Waals surface area (Å²) in [5.74, 6) is -0.584. The third kappa shape index (κ3) is 3.38. The van der Waals surface area contributed by atoms with Gasteiger partial charge >= 0.3 is 0 Å². The van der Waals surface area contributed by atoms with Crippen molar-refractivity contribution < 1.29 is 9.18 Å². The largest absolute Gasteiger partial charge is 0.337 e. The smallest absolute Gasteiger partial charge is 0.255 e. The highest BCUT2D eigenvalue weighted by Gasteiger charge is 2.16. The lowest BCUT2D eigenvalue weighted by molar-refractivity contribution is 0.0784. The molecule has 2 nitrogen and oxygen atoms in total. The fourth-order valence-electron chi connectivity index (χ4n) is 1.82. The summed E-state index contributed by atoms with van der Waals surface area (Å²) >= 11 is 9.28. The molecule has 2 aromatic carbocycles. The van der Waals surface area contributed by atoms with Crippen molar-refractivity contribution >= 4 is 33.4 Å². The lowest BCUT2D eigenvalue weighted by atomic mass is 10.1. The van der Waals surface area contributed by atoms with E-state index in [1.165, 1.54) is 18.2 Å². The highest BCUT2D eigenvalue weighted by atomic mass is 79.9. The van der Waals surface area contributed by atoms with Crippen molar-refractivity contribution in [3.05, 3.63) is 68.9 Å². The van der Waals surface area contributed by atoms with Crippen LogP contribution in [-0.4, -0.2) is 17.9 Å². The summed E-state index contributed by atoms with van der Waals surface area (Å²) < 4.78 is 13.5. The van der Waals surface area contributed by atoms with Crippen molar-refractivity contribution in [1.29, 1.82) is 0 Å². The lowest BCUT2D eigenvalue weighted by Crippen LogP contribution is -2.26. The Bertz CT molecular complexity index is 648. The van der Waals surface area contributed by atoms with E-state index < -0.39 is 0 Å². The number of carbonyl (C=O) groups is 1. The van der Waals surface area contributed by atoms with Gasteiger partial charge < -0.3 is 4.90 Å². The Morgan fingerprint density at radius 1 is 1.30 bits per heavy atom. The standard InChI is InChI=1S/C15H12BrClFNO/c1-19(9-10-4-2-3-5-14(10)17)15(20)12-7-6-11(18)8-13(12)16/h2-8H,9H2,1H3. The Morgan fingerprint density at radius 2 is 2.00 bits per heavy atom. The second-order valence-corrected chi connectivity index (χ2v) is 5.64. The van der Waals surface area contributed by atoms with Gasteiger partial charge in [-0.25, -0.2) is 4.39 Å². The van der Waals surface area contributed by atoms with Crippen molar-refractivity contribution in [2.45, 2.75) is 6.54 Å².